The molecule has 0 amide bonds. The molecule has 0 aromatic heterocycles. The lowest BCUT2D eigenvalue weighted by molar-refractivity contribution is 0.315. The second-order valence-electron chi connectivity index (χ2n) is 3.66. The Labute approximate surface area is 92.8 Å². The molecule has 1 radical (unpaired) electrons. The van der Waals surface area contributed by atoms with E-state index in [9.17, 15) is 0 Å². The van der Waals surface area contributed by atoms with E-state index in [1.165, 1.54) is 17.0 Å². The van der Waals surface area contributed by atoms with Gasteiger partial charge in [0.15, 0.2) is 0 Å². The number of rotatable bonds is 5. The molecule has 81 valence electrons. The van der Waals surface area contributed by atoms with Gasteiger partial charge in [-0.3, -0.25) is 0 Å². The molecule has 1 aromatic rings. The Morgan fingerprint density at radius 2 is 2.20 bits per heavy atom. The molecule has 1 aromatic carbocycles. The van der Waals surface area contributed by atoms with Crippen LogP contribution in [0.25, 0.3) is 0 Å². The Bertz CT molecular complexity index is 328. The average molecular weight is 203 g/mol. The SMILES string of the molecule is C=C[C](C)c1cccc(OCCC)c1C. The standard InChI is InChI=1S/C14H19O/c1-5-10-15-14-9-7-8-13(12(14)4)11(3)6-2/h6-9H,2,5,10H2,1,3-4H3. The quantitative estimate of drug-likeness (QED) is 0.705. The van der Waals surface area contributed by atoms with Crippen molar-refractivity contribution in [3.8, 4) is 5.75 Å². The molecule has 0 atom stereocenters. The lowest BCUT2D eigenvalue weighted by Crippen LogP contribution is -2.00. The first-order chi connectivity index (χ1) is 7.20. The summed E-state index contributed by atoms with van der Waals surface area (Å²) in [5.74, 6) is 2.17. The van der Waals surface area contributed by atoms with Crippen LogP contribution in [0.4, 0.5) is 0 Å². The molecule has 0 aliphatic heterocycles. The summed E-state index contributed by atoms with van der Waals surface area (Å²) in [5.41, 5.74) is 2.42. The van der Waals surface area contributed by atoms with E-state index in [4.69, 9.17) is 4.74 Å². The van der Waals surface area contributed by atoms with Gasteiger partial charge in [-0.15, -0.1) is 6.58 Å². The number of hydrogen-bond donors (Lipinski definition) is 0. The number of ether oxygens (including phenoxy) is 1. The van der Waals surface area contributed by atoms with Crippen LogP contribution in [0.2, 0.25) is 0 Å². The molecule has 0 spiro atoms. The lowest BCUT2D eigenvalue weighted by Gasteiger charge is -2.14. The fourth-order valence-electron chi connectivity index (χ4n) is 1.52. The zero-order chi connectivity index (χ0) is 11.3. The highest BCUT2D eigenvalue weighted by molar-refractivity contribution is 5.48. The van der Waals surface area contributed by atoms with E-state index >= 15 is 0 Å². The highest BCUT2D eigenvalue weighted by Gasteiger charge is 2.09. The number of hydrogen-bond acceptors (Lipinski definition) is 1. The minimum atomic E-state index is 0.775. The fraction of sp³-hybridized carbons (Fsp3) is 0.357. The third kappa shape index (κ3) is 2.85. The van der Waals surface area contributed by atoms with E-state index in [1.807, 2.05) is 18.2 Å². The predicted octanol–water partition coefficient (Wildman–Crippen LogP) is 3.91. The smallest absolute Gasteiger partial charge is 0.122 e. The molecule has 0 aliphatic rings. The van der Waals surface area contributed by atoms with Crippen LogP contribution in [0.5, 0.6) is 5.75 Å². The van der Waals surface area contributed by atoms with Crippen molar-refractivity contribution < 1.29 is 4.74 Å². The van der Waals surface area contributed by atoms with Gasteiger partial charge in [0.05, 0.1) is 6.61 Å². The van der Waals surface area contributed by atoms with E-state index in [-0.39, 0.29) is 0 Å². The maximum Gasteiger partial charge on any atom is 0.122 e. The molecule has 0 aliphatic carbocycles. The summed E-state index contributed by atoms with van der Waals surface area (Å²) in [6, 6.07) is 6.15. The van der Waals surface area contributed by atoms with Crippen molar-refractivity contribution >= 4 is 0 Å². The third-order valence-corrected chi connectivity index (χ3v) is 2.48. The molecule has 0 unspecified atom stereocenters. The Hall–Kier alpha value is -1.24. The van der Waals surface area contributed by atoms with E-state index in [2.05, 4.69) is 33.4 Å². The van der Waals surface area contributed by atoms with Crippen molar-refractivity contribution in [3.05, 3.63) is 47.9 Å². The van der Waals surface area contributed by atoms with Crippen molar-refractivity contribution in [1.29, 1.82) is 0 Å². The van der Waals surface area contributed by atoms with Gasteiger partial charge in [-0.25, -0.2) is 0 Å². The van der Waals surface area contributed by atoms with Gasteiger partial charge in [0.1, 0.15) is 5.75 Å². The largest absolute Gasteiger partial charge is 0.493 e. The van der Waals surface area contributed by atoms with Crippen molar-refractivity contribution in [2.24, 2.45) is 0 Å². The van der Waals surface area contributed by atoms with Gasteiger partial charge in [0.25, 0.3) is 0 Å². The predicted molar refractivity (Wildman–Crippen MR) is 65.2 cm³/mol. The molecule has 0 bridgehead atoms. The third-order valence-electron chi connectivity index (χ3n) is 2.48. The Morgan fingerprint density at radius 3 is 2.80 bits per heavy atom. The topological polar surface area (TPSA) is 9.23 Å². The van der Waals surface area contributed by atoms with Gasteiger partial charge < -0.3 is 4.74 Å². The Morgan fingerprint density at radius 1 is 1.47 bits per heavy atom. The minimum Gasteiger partial charge on any atom is -0.493 e. The Balaban J connectivity index is 2.94. The second kappa shape index (κ2) is 5.59. The van der Waals surface area contributed by atoms with Gasteiger partial charge in [-0.1, -0.05) is 32.1 Å². The average Bonchev–Trinajstić information content (AvgIpc) is 2.27. The first-order valence-corrected chi connectivity index (χ1v) is 5.39. The summed E-state index contributed by atoms with van der Waals surface area (Å²) < 4.78 is 5.67. The van der Waals surface area contributed by atoms with Crippen LogP contribution < -0.4 is 4.74 Å². The van der Waals surface area contributed by atoms with Gasteiger partial charge in [-0.2, -0.15) is 0 Å². The summed E-state index contributed by atoms with van der Waals surface area (Å²) in [4.78, 5) is 0. The maximum absolute atomic E-state index is 5.67. The summed E-state index contributed by atoms with van der Waals surface area (Å²) >= 11 is 0. The van der Waals surface area contributed by atoms with Crippen LogP contribution in [-0.2, 0) is 0 Å². The first kappa shape index (κ1) is 11.8. The molecule has 15 heavy (non-hydrogen) atoms. The normalized spacial score (nSPS) is 10.4. The molecule has 0 saturated heterocycles. The maximum atomic E-state index is 5.67. The van der Waals surface area contributed by atoms with E-state index in [0.29, 0.717) is 0 Å². The molecule has 0 fully saturated rings. The van der Waals surface area contributed by atoms with Crippen LogP contribution in [-0.4, -0.2) is 6.61 Å². The highest BCUT2D eigenvalue weighted by Crippen LogP contribution is 2.27. The van der Waals surface area contributed by atoms with Crippen LogP contribution in [0.15, 0.2) is 30.9 Å². The van der Waals surface area contributed by atoms with Gasteiger partial charge in [0.2, 0.25) is 0 Å². The Kier molecular flexibility index (Phi) is 4.41. The zero-order valence-corrected chi connectivity index (χ0v) is 9.84. The first-order valence-electron chi connectivity index (χ1n) is 5.39. The van der Waals surface area contributed by atoms with Crippen LogP contribution >= 0.6 is 0 Å². The van der Waals surface area contributed by atoms with Gasteiger partial charge in [-0.05, 0) is 30.5 Å². The molecule has 1 heteroatoms. The molecular weight excluding hydrogens is 184 g/mol. The van der Waals surface area contributed by atoms with Crippen molar-refractivity contribution in [2.45, 2.75) is 27.2 Å². The summed E-state index contributed by atoms with van der Waals surface area (Å²) in [6.45, 7) is 10.8. The van der Waals surface area contributed by atoms with Crippen molar-refractivity contribution in [3.63, 3.8) is 0 Å². The summed E-state index contributed by atoms with van der Waals surface area (Å²) in [6.07, 6.45) is 2.92. The summed E-state index contributed by atoms with van der Waals surface area (Å²) in [7, 11) is 0. The summed E-state index contributed by atoms with van der Waals surface area (Å²) in [5, 5.41) is 0. The lowest BCUT2D eigenvalue weighted by atomic mass is 9.96. The van der Waals surface area contributed by atoms with Crippen LogP contribution in [0, 0.1) is 12.8 Å². The van der Waals surface area contributed by atoms with Crippen molar-refractivity contribution in [2.75, 3.05) is 6.61 Å². The van der Waals surface area contributed by atoms with E-state index < -0.39 is 0 Å². The van der Waals surface area contributed by atoms with E-state index in [0.717, 1.165) is 18.8 Å². The second-order valence-corrected chi connectivity index (χ2v) is 3.66. The monoisotopic (exact) mass is 203 g/mol. The molecule has 0 saturated carbocycles. The molecule has 0 heterocycles. The number of benzene rings is 1. The van der Waals surface area contributed by atoms with Gasteiger partial charge >= 0.3 is 0 Å². The zero-order valence-electron chi connectivity index (χ0n) is 9.84. The fourth-order valence-corrected chi connectivity index (χ4v) is 1.52. The van der Waals surface area contributed by atoms with Gasteiger partial charge in [0, 0.05) is 5.92 Å². The van der Waals surface area contributed by atoms with Crippen LogP contribution in [0.1, 0.15) is 31.4 Å². The number of allylic oxidation sites excluding steroid dienone is 1. The molecular formula is C14H19O. The highest BCUT2D eigenvalue weighted by atomic mass is 16.5. The van der Waals surface area contributed by atoms with Crippen LogP contribution in [0.3, 0.4) is 0 Å². The molecule has 0 N–H and O–H groups in total. The van der Waals surface area contributed by atoms with E-state index in [1.54, 1.807) is 0 Å². The molecule has 1 nitrogen and oxygen atoms in total. The molecule has 1 rings (SSSR count). The van der Waals surface area contributed by atoms with Crippen molar-refractivity contribution in [1.82, 2.24) is 0 Å². The minimum absolute atomic E-state index is 0.775.